The Morgan fingerprint density at radius 3 is 3.08 bits per heavy atom. The molecular formula is C9H15N3O. The molecule has 4 nitrogen and oxygen atoms in total. The summed E-state index contributed by atoms with van der Waals surface area (Å²) < 4.78 is 0. The Kier molecular flexibility index (Phi) is 3.88. The second-order valence-corrected chi connectivity index (χ2v) is 2.71. The summed E-state index contributed by atoms with van der Waals surface area (Å²) in [5, 5.41) is 8.55. The molecule has 0 saturated heterocycles. The molecule has 0 radical (unpaired) electrons. The van der Waals surface area contributed by atoms with Crippen molar-refractivity contribution in [3.63, 3.8) is 0 Å². The van der Waals surface area contributed by atoms with Gasteiger partial charge >= 0.3 is 6.03 Å². The van der Waals surface area contributed by atoms with Crippen molar-refractivity contribution in [2.45, 2.75) is 6.92 Å². The Labute approximate surface area is 78.1 Å². The Hall–Kier alpha value is -1.45. The molecule has 0 aromatic rings. The van der Waals surface area contributed by atoms with Gasteiger partial charge in [0.25, 0.3) is 0 Å². The monoisotopic (exact) mass is 181 g/mol. The second kappa shape index (κ2) is 5.24. The third-order valence-corrected chi connectivity index (χ3v) is 1.66. The number of dihydropyridines is 1. The minimum Gasteiger partial charge on any atom is -0.383 e. The van der Waals surface area contributed by atoms with Gasteiger partial charge in [0.15, 0.2) is 0 Å². The van der Waals surface area contributed by atoms with Crippen LogP contribution >= 0.6 is 0 Å². The van der Waals surface area contributed by atoms with Gasteiger partial charge in [0.05, 0.1) is 6.54 Å². The first-order chi connectivity index (χ1) is 6.33. The van der Waals surface area contributed by atoms with Crippen LogP contribution in [0.3, 0.4) is 0 Å². The molecule has 4 heteroatoms. The summed E-state index contributed by atoms with van der Waals surface area (Å²) in [6.45, 7) is 3.93. The molecule has 13 heavy (non-hydrogen) atoms. The fraction of sp³-hybridized carbons (Fsp3) is 0.444. The quantitative estimate of drug-likeness (QED) is 0.588. The van der Waals surface area contributed by atoms with Gasteiger partial charge in [-0.3, -0.25) is 0 Å². The second-order valence-electron chi connectivity index (χ2n) is 2.71. The number of allylic oxidation sites excluding steroid dienone is 2. The number of nitrogens with one attached hydrogen (secondary N) is 3. The maximum atomic E-state index is 11.0. The minimum absolute atomic E-state index is 0.125. The zero-order valence-corrected chi connectivity index (χ0v) is 7.76. The van der Waals surface area contributed by atoms with Crippen LogP contribution in [-0.4, -0.2) is 25.7 Å². The Morgan fingerprint density at radius 1 is 1.62 bits per heavy atom. The standard InChI is InChI=1S/C9H15N3O/c1-2-10-9(13)12-7-8-5-3-4-6-11-8/h3-5,11H,2,6-7H2,1H3,(H2,10,12,13). The maximum Gasteiger partial charge on any atom is 0.315 e. The van der Waals surface area contributed by atoms with E-state index in [0.717, 1.165) is 12.2 Å². The molecule has 3 N–H and O–H groups in total. The van der Waals surface area contributed by atoms with E-state index in [9.17, 15) is 4.79 Å². The number of amides is 2. The van der Waals surface area contributed by atoms with Gasteiger partial charge in [0.1, 0.15) is 0 Å². The lowest BCUT2D eigenvalue weighted by atomic mass is 10.3. The van der Waals surface area contributed by atoms with E-state index >= 15 is 0 Å². The third kappa shape index (κ3) is 3.64. The van der Waals surface area contributed by atoms with Crippen molar-refractivity contribution in [3.05, 3.63) is 23.9 Å². The van der Waals surface area contributed by atoms with Crippen LogP contribution in [0, 0.1) is 0 Å². The van der Waals surface area contributed by atoms with Crippen molar-refractivity contribution in [1.29, 1.82) is 0 Å². The molecule has 72 valence electrons. The predicted molar refractivity (Wildman–Crippen MR) is 52.3 cm³/mol. The van der Waals surface area contributed by atoms with Gasteiger partial charge in [0.2, 0.25) is 0 Å². The van der Waals surface area contributed by atoms with Gasteiger partial charge in [-0.2, -0.15) is 0 Å². The summed E-state index contributed by atoms with van der Waals surface area (Å²) in [7, 11) is 0. The first-order valence-electron chi connectivity index (χ1n) is 4.44. The van der Waals surface area contributed by atoms with Crippen molar-refractivity contribution in [3.8, 4) is 0 Å². The predicted octanol–water partition coefficient (Wildman–Crippen LogP) is 0.349. The van der Waals surface area contributed by atoms with E-state index in [-0.39, 0.29) is 6.03 Å². The van der Waals surface area contributed by atoms with Gasteiger partial charge in [-0.05, 0) is 13.0 Å². The van der Waals surface area contributed by atoms with E-state index in [2.05, 4.69) is 16.0 Å². The normalized spacial score (nSPS) is 14.4. The van der Waals surface area contributed by atoms with E-state index in [0.29, 0.717) is 13.1 Å². The van der Waals surface area contributed by atoms with Crippen LogP contribution in [0.1, 0.15) is 6.92 Å². The molecular weight excluding hydrogens is 166 g/mol. The zero-order valence-electron chi connectivity index (χ0n) is 7.76. The average molecular weight is 181 g/mol. The highest BCUT2D eigenvalue weighted by atomic mass is 16.2. The van der Waals surface area contributed by atoms with E-state index < -0.39 is 0 Å². The SMILES string of the molecule is CCNC(=O)NCC1=CC=CCN1. The van der Waals surface area contributed by atoms with Gasteiger partial charge in [-0.1, -0.05) is 12.2 Å². The number of rotatable bonds is 3. The summed E-state index contributed by atoms with van der Waals surface area (Å²) in [6.07, 6.45) is 5.95. The van der Waals surface area contributed by atoms with Crippen LogP contribution < -0.4 is 16.0 Å². The number of hydrogen-bond acceptors (Lipinski definition) is 2. The lowest BCUT2D eigenvalue weighted by Gasteiger charge is -2.12. The number of hydrogen-bond donors (Lipinski definition) is 3. The third-order valence-electron chi connectivity index (χ3n) is 1.66. The van der Waals surface area contributed by atoms with Crippen molar-refractivity contribution in [2.75, 3.05) is 19.6 Å². The average Bonchev–Trinajstić information content (AvgIpc) is 2.17. The van der Waals surface area contributed by atoms with Crippen molar-refractivity contribution < 1.29 is 4.79 Å². The van der Waals surface area contributed by atoms with Gasteiger partial charge in [-0.25, -0.2) is 4.79 Å². The molecule has 2 amide bonds. The highest BCUT2D eigenvalue weighted by molar-refractivity contribution is 5.74. The van der Waals surface area contributed by atoms with Crippen LogP contribution in [0.4, 0.5) is 4.79 Å². The number of urea groups is 1. The van der Waals surface area contributed by atoms with E-state index in [1.807, 2.05) is 25.2 Å². The summed E-state index contributed by atoms with van der Waals surface area (Å²) in [4.78, 5) is 11.0. The summed E-state index contributed by atoms with van der Waals surface area (Å²) >= 11 is 0. The molecule has 0 spiro atoms. The van der Waals surface area contributed by atoms with E-state index in [4.69, 9.17) is 0 Å². The summed E-state index contributed by atoms with van der Waals surface area (Å²) in [5.41, 5.74) is 1.04. The molecule has 1 aliphatic heterocycles. The molecule has 0 aromatic carbocycles. The first-order valence-corrected chi connectivity index (χ1v) is 4.44. The largest absolute Gasteiger partial charge is 0.383 e. The molecule has 0 aliphatic carbocycles. The topological polar surface area (TPSA) is 53.2 Å². The molecule has 1 heterocycles. The fourth-order valence-corrected chi connectivity index (χ4v) is 1.02. The first kappa shape index (κ1) is 9.64. The highest BCUT2D eigenvalue weighted by Gasteiger charge is 2.00. The Balaban J connectivity index is 2.21. The fourth-order valence-electron chi connectivity index (χ4n) is 1.02. The molecule has 1 aliphatic rings. The molecule has 0 unspecified atom stereocenters. The molecule has 0 aromatic heterocycles. The Morgan fingerprint density at radius 2 is 2.46 bits per heavy atom. The summed E-state index contributed by atoms with van der Waals surface area (Å²) in [6, 6.07) is -0.125. The smallest absolute Gasteiger partial charge is 0.315 e. The van der Waals surface area contributed by atoms with Crippen molar-refractivity contribution >= 4 is 6.03 Å². The van der Waals surface area contributed by atoms with Crippen LogP contribution in [0.2, 0.25) is 0 Å². The van der Waals surface area contributed by atoms with E-state index in [1.165, 1.54) is 0 Å². The van der Waals surface area contributed by atoms with Crippen LogP contribution in [-0.2, 0) is 0 Å². The van der Waals surface area contributed by atoms with E-state index in [1.54, 1.807) is 0 Å². The molecule has 1 rings (SSSR count). The Bertz CT molecular complexity index is 233. The van der Waals surface area contributed by atoms with Crippen LogP contribution in [0.15, 0.2) is 23.9 Å². The molecule has 0 atom stereocenters. The van der Waals surface area contributed by atoms with Crippen molar-refractivity contribution in [2.24, 2.45) is 0 Å². The lowest BCUT2D eigenvalue weighted by Crippen LogP contribution is -2.38. The summed E-state index contributed by atoms with van der Waals surface area (Å²) in [5.74, 6) is 0. The molecule has 0 bridgehead atoms. The molecule has 0 saturated carbocycles. The van der Waals surface area contributed by atoms with Gasteiger partial charge < -0.3 is 16.0 Å². The lowest BCUT2D eigenvalue weighted by molar-refractivity contribution is 0.242. The minimum atomic E-state index is -0.125. The number of carbonyl (C=O) groups is 1. The zero-order chi connectivity index (χ0) is 9.52. The van der Waals surface area contributed by atoms with Crippen LogP contribution in [0.5, 0.6) is 0 Å². The van der Waals surface area contributed by atoms with Gasteiger partial charge in [0, 0.05) is 18.8 Å². The van der Waals surface area contributed by atoms with Gasteiger partial charge in [-0.15, -0.1) is 0 Å². The van der Waals surface area contributed by atoms with Crippen LogP contribution in [0.25, 0.3) is 0 Å². The highest BCUT2D eigenvalue weighted by Crippen LogP contribution is 1.93. The maximum absolute atomic E-state index is 11.0. The number of carbonyl (C=O) groups excluding carboxylic acids is 1. The van der Waals surface area contributed by atoms with Crippen molar-refractivity contribution in [1.82, 2.24) is 16.0 Å². The molecule has 0 fully saturated rings.